The molecule has 1 fully saturated rings. The van der Waals surface area contributed by atoms with E-state index in [1.165, 1.54) is 16.0 Å². The molecule has 1 aromatic carbocycles. The van der Waals surface area contributed by atoms with Crippen LogP contribution < -0.4 is 4.74 Å². The van der Waals surface area contributed by atoms with Crippen LogP contribution in [0.5, 0.6) is 5.75 Å². The van der Waals surface area contributed by atoms with Gasteiger partial charge in [-0.1, -0.05) is 23.7 Å². The average Bonchev–Trinajstić information content (AvgIpc) is 3.06. The molecule has 3 heterocycles. The summed E-state index contributed by atoms with van der Waals surface area (Å²) in [6.07, 6.45) is 2.70. The lowest BCUT2D eigenvalue weighted by molar-refractivity contribution is -0.110. The molecule has 5 nitrogen and oxygen atoms in total. The van der Waals surface area contributed by atoms with E-state index in [2.05, 4.69) is 24.0 Å². The molecular weight excluding hydrogens is 410 g/mol. The molecule has 2 aromatic rings. The van der Waals surface area contributed by atoms with E-state index < -0.39 is 0 Å². The minimum absolute atomic E-state index is 0.000436. The molecule has 0 bridgehead atoms. The van der Waals surface area contributed by atoms with Crippen LogP contribution in [-0.2, 0) is 29.9 Å². The third kappa shape index (κ3) is 4.20. The Bertz CT molecular complexity index is 840. The Morgan fingerprint density at radius 1 is 1.31 bits per heavy atom. The van der Waals surface area contributed by atoms with Crippen molar-refractivity contribution in [2.75, 3.05) is 26.4 Å². The summed E-state index contributed by atoms with van der Waals surface area (Å²) in [4.78, 5) is 3.73. The SMILES string of the molecule is C[C@H]1C[C@@]2(CCN1Cc1ccc(OCCO)cc1)OCCc1c2sc(Cl)c1CO. The van der Waals surface area contributed by atoms with Gasteiger partial charge in [-0.3, -0.25) is 4.90 Å². The van der Waals surface area contributed by atoms with Gasteiger partial charge in [-0.15, -0.1) is 11.3 Å². The van der Waals surface area contributed by atoms with E-state index in [-0.39, 0.29) is 18.8 Å². The van der Waals surface area contributed by atoms with E-state index >= 15 is 0 Å². The highest BCUT2D eigenvalue weighted by atomic mass is 35.5. The lowest BCUT2D eigenvalue weighted by Crippen LogP contribution is -2.50. The van der Waals surface area contributed by atoms with Gasteiger partial charge in [0.1, 0.15) is 18.0 Å². The number of ether oxygens (including phenoxy) is 2. The Kier molecular flexibility index (Phi) is 6.49. The van der Waals surface area contributed by atoms with Gasteiger partial charge < -0.3 is 19.7 Å². The molecule has 0 aliphatic carbocycles. The van der Waals surface area contributed by atoms with Crippen molar-refractivity contribution in [3.8, 4) is 5.75 Å². The second kappa shape index (κ2) is 8.92. The van der Waals surface area contributed by atoms with Crippen LogP contribution in [0.1, 0.15) is 41.3 Å². The smallest absolute Gasteiger partial charge is 0.119 e. The molecule has 1 spiro atoms. The number of benzene rings is 1. The summed E-state index contributed by atoms with van der Waals surface area (Å²) < 4.78 is 12.5. The zero-order chi connectivity index (χ0) is 20.4. The van der Waals surface area contributed by atoms with E-state index in [0.29, 0.717) is 23.6 Å². The van der Waals surface area contributed by atoms with Gasteiger partial charge in [-0.2, -0.15) is 0 Å². The Hall–Kier alpha value is -1.15. The van der Waals surface area contributed by atoms with E-state index in [0.717, 1.165) is 43.7 Å². The predicted molar refractivity (Wildman–Crippen MR) is 115 cm³/mol. The van der Waals surface area contributed by atoms with Crippen molar-refractivity contribution in [1.29, 1.82) is 0 Å². The first kappa shape index (κ1) is 21.1. The van der Waals surface area contributed by atoms with Crippen molar-refractivity contribution in [3.63, 3.8) is 0 Å². The largest absolute Gasteiger partial charge is 0.491 e. The van der Waals surface area contributed by atoms with Gasteiger partial charge >= 0.3 is 0 Å². The topological polar surface area (TPSA) is 62.2 Å². The first-order chi connectivity index (χ1) is 14.1. The molecule has 158 valence electrons. The number of nitrogens with zero attached hydrogens (tertiary/aromatic N) is 1. The number of piperidine rings is 1. The van der Waals surface area contributed by atoms with Crippen LogP contribution in [0.4, 0.5) is 0 Å². The molecule has 2 atom stereocenters. The Balaban J connectivity index is 1.45. The highest BCUT2D eigenvalue weighted by molar-refractivity contribution is 7.16. The number of aliphatic hydroxyl groups excluding tert-OH is 2. The summed E-state index contributed by atoms with van der Waals surface area (Å²) >= 11 is 8.02. The number of halogens is 1. The molecule has 1 aromatic heterocycles. The quantitative estimate of drug-likeness (QED) is 0.721. The fourth-order valence-electron chi connectivity index (χ4n) is 4.59. The third-order valence-corrected chi connectivity index (χ3v) is 7.80. The van der Waals surface area contributed by atoms with Crippen LogP contribution in [0.15, 0.2) is 24.3 Å². The fraction of sp³-hybridized carbons (Fsp3) is 0.545. The van der Waals surface area contributed by atoms with Gasteiger partial charge in [-0.25, -0.2) is 0 Å². The molecule has 0 saturated carbocycles. The van der Waals surface area contributed by atoms with Crippen molar-refractivity contribution in [1.82, 2.24) is 4.90 Å². The normalized spacial score (nSPS) is 24.6. The summed E-state index contributed by atoms with van der Waals surface area (Å²) in [6, 6.07) is 8.47. The van der Waals surface area contributed by atoms with E-state index in [1.807, 2.05) is 12.1 Å². The summed E-state index contributed by atoms with van der Waals surface area (Å²) in [5, 5.41) is 18.6. The molecule has 0 unspecified atom stereocenters. The molecule has 1 saturated heterocycles. The zero-order valence-electron chi connectivity index (χ0n) is 16.7. The monoisotopic (exact) mass is 437 g/mol. The number of hydrogen-bond acceptors (Lipinski definition) is 6. The van der Waals surface area contributed by atoms with Crippen LogP contribution in [0.25, 0.3) is 0 Å². The summed E-state index contributed by atoms with van der Waals surface area (Å²) in [5.41, 5.74) is 3.09. The summed E-state index contributed by atoms with van der Waals surface area (Å²) in [5.74, 6) is 0.783. The molecule has 0 amide bonds. The third-order valence-electron chi connectivity index (χ3n) is 6.09. The van der Waals surface area contributed by atoms with Crippen LogP contribution in [-0.4, -0.2) is 47.5 Å². The van der Waals surface area contributed by atoms with Crippen LogP contribution in [0, 0.1) is 0 Å². The molecule has 2 aliphatic heterocycles. The van der Waals surface area contributed by atoms with E-state index in [1.54, 1.807) is 11.3 Å². The first-order valence-corrected chi connectivity index (χ1v) is 11.4. The summed E-state index contributed by atoms with van der Waals surface area (Å²) in [7, 11) is 0. The zero-order valence-corrected chi connectivity index (χ0v) is 18.3. The number of hydrogen-bond donors (Lipinski definition) is 2. The van der Waals surface area contributed by atoms with Crippen molar-refractivity contribution >= 4 is 22.9 Å². The van der Waals surface area contributed by atoms with Gasteiger partial charge in [0, 0.05) is 29.6 Å². The van der Waals surface area contributed by atoms with Gasteiger partial charge in [0.2, 0.25) is 0 Å². The second-order valence-corrected chi connectivity index (χ2v) is 9.53. The summed E-state index contributed by atoms with van der Waals surface area (Å²) in [6.45, 7) is 5.13. The highest BCUT2D eigenvalue weighted by Gasteiger charge is 2.45. The Morgan fingerprint density at radius 2 is 2.10 bits per heavy atom. The van der Waals surface area contributed by atoms with Gasteiger partial charge in [0.05, 0.1) is 24.2 Å². The Morgan fingerprint density at radius 3 is 2.79 bits per heavy atom. The van der Waals surface area contributed by atoms with Gasteiger partial charge in [0.25, 0.3) is 0 Å². The number of thiophene rings is 1. The van der Waals surface area contributed by atoms with Gasteiger partial charge in [0.15, 0.2) is 0 Å². The Labute approximate surface area is 180 Å². The molecule has 2 N–H and O–H groups in total. The van der Waals surface area contributed by atoms with Crippen molar-refractivity contribution in [2.45, 2.75) is 51.0 Å². The van der Waals surface area contributed by atoms with Crippen LogP contribution >= 0.6 is 22.9 Å². The predicted octanol–water partition coefficient (Wildman–Crippen LogP) is 3.72. The fourth-order valence-corrected chi connectivity index (χ4v) is 6.26. The molecule has 2 aliphatic rings. The standard InChI is InChI=1S/C22H28ClNO4S/c1-15-12-22(20-18(6-10-28-22)19(14-26)21(23)29-20)7-8-24(15)13-16-2-4-17(5-3-16)27-11-9-25/h2-5,15,25-26H,6-14H2,1H3/t15-,22+/m0/s1. The average molecular weight is 438 g/mol. The lowest BCUT2D eigenvalue weighted by atomic mass is 9.81. The van der Waals surface area contributed by atoms with Crippen molar-refractivity contribution < 1.29 is 19.7 Å². The number of aliphatic hydroxyl groups is 2. The number of likely N-dealkylation sites (tertiary alicyclic amines) is 1. The maximum atomic E-state index is 9.73. The lowest BCUT2D eigenvalue weighted by Gasteiger charge is -2.47. The van der Waals surface area contributed by atoms with Gasteiger partial charge in [-0.05, 0) is 49.4 Å². The van der Waals surface area contributed by atoms with Crippen molar-refractivity contribution in [2.24, 2.45) is 0 Å². The molecule has 29 heavy (non-hydrogen) atoms. The maximum Gasteiger partial charge on any atom is 0.119 e. The number of fused-ring (bicyclic) bond motifs is 2. The molecule has 7 heteroatoms. The molecule has 0 radical (unpaired) electrons. The first-order valence-electron chi connectivity index (χ1n) is 10.2. The van der Waals surface area contributed by atoms with Crippen molar-refractivity contribution in [3.05, 3.63) is 50.2 Å². The minimum Gasteiger partial charge on any atom is -0.491 e. The molecule has 4 rings (SSSR count). The molecular formula is C22H28ClNO4S. The minimum atomic E-state index is -0.271. The van der Waals surface area contributed by atoms with E-state index in [4.69, 9.17) is 26.2 Å². The second-order valence-electron chi connectivity index (χ2n) is 7.90. The number of rotatable bonds is 6. The highest BCUT2D eigenvalue weighted by Crippen LogP contribution is 2.49. The van der Waals surface area contributed by atoms with Crippen LogP contribution in [0.2, 0.25) is 4.34 Å². The maximum absolute atomic E-state index is 9.73. The van der Waals surface area contributed by atoms with Crippen LogP contribution in [0.3, 0.4) is 0 Å². The van der Waals surface area contributed by atoms with E-state index in [9.17, 15) is 5.11 Å².